The average molecular weight is 1180 g/mol. The lowest BCUT2D eigenvalue weighted by Gasteiger charge is -2.12. The number of ether oxygens (including phenoxy) is 1. The number of carbonyl (C=O) groups is 5. The summed E-state index contributed by atoms with van der Waals surface area (Å²) in [6, 6.07) is 29.1. The second-order valence-electron chi connectivity index (χ2n) is 15.9. The average Bonchev–Trinajstić information content (AvgIpc) is 4.26. The van der Waals surface area contributed by atoms with Crippen molar-refractivity contribution in [2.45, 2.75) is 20.3 Å². The van der Waals surface area contributed by atoms with Crippen LogP contribution < -0.4 is 5.32 Å². The highest BCUT2D eigenvalue weighted by atomic mass is 35.5. The van der Waals surface area contributed by atoms with E-state index in [2.05, 4.69) is 5.32 Å². The summed E-state index contributed by atoms with van der Waals surface area (Å²) in [7, 11) is -4.19. The summed E-state index contributed by atoms with van der Waals surface area (Å²) < 4.78 is 66.6. The van der Waals surface area contributed by atoms with Crippen molar-refractivity contribution in [1.82, 2.24) is 15.1 Å². The van der Waals surface area contributed by atoms with E-state index >= 15 is 0 Å². The fraction of sp³-hybridized carbons (Fsp3) is 0.137. The fourth-order valence-corrected chi connectivity index (χ4v) is 10.8. The van der Waals surface area contributed by atoms with Gasteiger partial charge in [-0.15, -0.1) is 0 Å². The molecule has 25 heteroatoms. The molecule has 9 rings (SSSR count). The topological polar surface area (TPSA) is 227 Å². The molecule has 16 nitrogen and oxygen atoms in total. The third kappa shape index (κ3) is 15.3. The number of carboxylic acid groups (broad SMARTS) is 1. The van der Waals surface area contributed by atoms with Crippen LogP contribution in [0.1, 0.15) is 46.5 Å². The monoisotopic (exact) mass is 1180 g/mol. The van der Waals surface area contributed by atoms with E-state index in [1.807, 2.05) is 44.2 Å². The molecule has 3 amide bonds. The van der Waals surface area contributed by atoms with E-state index in [1.165, 1.54) is 30.0 Å². The number of esters is 1. The van der Waals surface area contributed by atoms with Crippen molar-refractivity contribution in [1.29, 1.82) is 0 Å². The lowest BCUT2D eigenvalue weighted by atomic mass is 10.1. The van der Waals surface area contributed by atoms with Gasteiger partial charge in [0.25, 0.3) is 27.8 Å². The first-order chi connectivity index (χ1) is 36.1. The van der Waals surface area contributed by atoms with Crippen LogP contribution in [0, 0.1) is 12.7 Å². The second kappa shape index (κ2) is 25.6. The first-order valence-corrected chi connectivity index (χ1v) is 27.8. The Kier molecular flexibility index (Phi) is 19.3. The highest BCUT2D eigenvalue weighted by Gasteiger charge is 2.34. The molecule has 0 saturated carbocycles. The molecule has 3 saturated heterocycles. The number of rotatable bonds is 14. The van der Waals surface area contributed by atoms with Gasteiger partial charge >= 0.3 is 11.9 Å². The molecule has 0 radical (unpaired) electrons. The molecular formula is C51H39ClFN3O13S7. The minimum atomic E-state index is -4.19. The van der Waals surface area contributed by atoms with Crippen molar-refractivity contribution in [2.24, 2.45) is 0 Å². The smallest absolute Gasteiger partial charge is 0.339 e. The van der Waals surface area contributed by atoms with Crippen LogP contribution in [0.5, 0.6) is 0 Å². The summed E-state index contributed by atoms with van der Waals surface area (Å²) in [5, 5.41) is 11.7. The molecule has 3 aliphatic rings. The molecule has 3 N–H and O–H groups in total. The number of nitrogens with zero attached hydrogens (tertiary/aromatic N) is 2. The minimum Gasteiger partial charge on any atom is -0.480 e. The van der Waals surface area contributed by atoms with Gasteiger partial charge < -0.3 is 28.4 Å². The largest absolute Gasteiger partial charge is 0.480 e. The van der Waals surface area contributed by atoms with Crippen molar-refractivity contribution in [3.8, 4) is 34.0 Å². The number of hydrogen-bond donors (Lipinski definition) is 3. The lowest BCUT2D eigenvalue weighted by Crippen LogP contribution is -2.33. The van der Waals surface area contributed by atoms with E-state index in [0.717, 1.165) is 50.9 Å². The second-order valence-corrected chi connectivity index (χ2v) is 23.0. The van der Waals surface area contributed by atoms with E-state index < -0.39 is 46.2 Å². The maximum atomic E-state index is 13.0. The SMILES string of the molecule is CCCOC(=O)c1cc(-c2ccc(/C=C3\SC(=S)NC3=O)o2)ccc1Cl.Cc1ccc(-c2ccc(/C=C3\SC(=S)N(CC(=O)O)C3=O)o2)cc1.O=C1/C(=C/c2ccc(-c3ccc(F)cc3)o2)SC(=S)N1CCS(=O)(=O)O. The van der Waals surface area contributed by atoms with Crippen LogP contribution in [0.25, 0.3) is 52.2 Å². The maximum absolute atomic E-state index is 13.0. The quantitative estimate of drug-likeness (QED) is 0.0399. The Bertz CT molecular complexity index is 3490. The fourth-order valence-electron chi connectivity index (χ4n) is 6.68. The number of furan rings is 3. The Morgan fingerprint density at radius 3 is 1.71 bits per heavy atom. The number of thioether (sulfide) groups is 3. The highest BCUT2D eigenvalue weighted by Crippen LogP contribution is 2.36. The summed E-state index contributed by atoms with van der Waals surface area (Å²) in [6.07, 6.45) is 5.43. The maximum Gasteiger partial charge on any atom is 0.339 e. The lowest BCUT2D eigenvalue weighted by molar-refractivity contribution is -0.140. The highest BCUT2D eigenvalue weighted by molar-refractivity contribution is 8.27. The van der Waals surface area contributed by atoms with E-state index in [4.69, 9.17) is 75.9 Å². The van der Waals surface area contributed by atoms with Gasteiger partial charge in [-0.25, -0.2) is 9.18 Å². The zero-order valence-corrected chi connectivity index (χ0v) is 45.9. The zero-order chi connectivity index (χ0) is 54.8. The number of amides is 3. The van der Waals surface area contributed by atoms with Gasteiger partial charge in [0.2, 0.25) is 0 Å². The Hall–Kier alpha value is -6.48. The summed E-state index contributed by atoms with van der Waals surface area (Å²) >= 11 is 24.5. The molecule has 3 aliphatic heterocycles. The molecule has 0 atom stereocenters. The standard InChI is InChI=1S/C18H14ClNO4S2.C17H13NO4S2.C16H12FNO5S3/c1-2-7-23-17(22)12-8-10(3-5-13(12)19)14-6-4-11(24-14)9-15-16(21)20-18(25)26-15;1-10-2-4-11(5-3-10)13-7-6-12(22-13)8-14-16(21)18(9-15(19)20)17(23)24-14;17-11-3-1-10(2-4-11)13-6-5-12(23-13)9-14-15(19)18(16(24)25-14)7-8-26(20,21)22/h3-6,8-9H,2,7H2,1H3,(H,20,21,25);2-8H,9H2,1H3,(H,19,20);1-6,9H,7-8H2,(H,20,21,22)/b15-9-;14-8-;14-9-. The van der Waals surface area contributed by atoms with Crippen LogP contribution in [0.3, 0.4) is 0 Å². The normalized spacial score (nSPS) is 16.1. The van der Waals surface area contributed by atoms with E-state index in [-0.39, 0.29) is 37.4 Å². The molecular weight excluding hydrogens is 1140 g/mol. The number of aliphatic carboxylic acids is 1. The van der Waals surface area contributed by atoms with Gasteiger partial charge in [-0.2, -0.15) is 8.42 Å². The Morgan fingerprint density at radius 1 is 0.724 bits per heavy atom. The molecule has 392 valence electrons. The molecule has 0 unspecified atom stereocenters. The summed E-state index contributed by atoms with van der Waals surface area (Å²) in [4.78, 5) is 62.5. The third-order valence-corrected chi connectivity index (χ3v) is 15.3. The number of aryl methyl sites for hydroxylation is 1. The predicted octanol–water partition coefficient (Wildman–Crippen LogP) is 11.4. The molecule has 3 aromatic carbocycles. The van der Waals surface area contributed by atoms with Crippen LogP contribution >= 0.6 is 83.5 Å². The third-order valence-electron chi connectivity index (χ3n) is 10.3. The number of carboxylic acids is 1. The zero-order valence-electron chi connectivity index (χ0n) is 39.5. The van der Waals surface area contributed by atoms with Crippen molar-refractivity contribution in [3.63, 3.8) is 0 Å². The van der Waals surface area contributed by atoms with Crippen LogP contribution in [0.15, 0.2) is 131 Å². The van der Waals surface area contributed by atoms with E-state index in [0.29, 0.717) is 71.4 Å². The number of thiocarbonyl (C=S) groups is 3. The van der Waals surface area contributed by atoms with Crippen LogP contribution in [0.2, 0.25) is 5.02 Å². The molecule has 6 aromatic rings. The van der Waals surface area contributed by atoms with Gasteiger partial charge in [0.15, 0.2) is 0 Å². The van der Waals surface area contributed by atoms with Crippen LogP contribution in [-0.2, 0) is 34.0 Å². The number of hydrogen-bond acceptors (Lipinski definition) is 17. The van der Waals surface area contributed by atoms with Gasteiger partial charge in [-0.05, 0) is 92.2 Å². The molecule has 3 aromatic heterocycles. The molecule has 3 fully saturated rings. The molecule has 76 heavy (non-hydrogen) atoms. The van der Waals surface area contributed by atoms with Crippen molar-refractivity contribution in [2.75, 3.05) is 25.4 Å². The van der Waals surface area contributed by atoms with Gasteiger partial charge in [0.1, 0.15) is 59.9 Å². The predicted molar refractivity (Wildman–Crippen MR) is 303 cm³/mol. The van der Waals surface area contributed by atoms with E-state index in [1.54, 1.807) is 72.8 Å². The Balaban J connectivity index is 0.000000166. The molecule has 0 bridgehead atoms. The van der Waals surface area contributed by atoms with Crippen LogP contribution in [0.4, 0.5) is 4.39 Å². The van der Waals surface area contributed by atoms with Crippen LogP contribution in [-0.4, -0.2) is 95.9 Å². The van der Waals surface area contributed by atoms with Crippen molar-refractivity contribution in [3.05, 3.63) is 157 Å². The van der Waals surface area contributed by atoms with E-state index in [9.17, 15) is 36.8 Å². The first-order valence-electron chi connectivity index (χ1n) is 22.2. The number of halogens is 2. The Morgan fingerprint density at radius 2 is 1.21 bits per heavy atom. The number of carbonyl (C=O) groups excluding carboxylic acids is 4. The summed E-state index contributed by atoms with van der Waals surface area (Å²) in [5.74, 6) is -0.462. The van der Waals surface area contributed by atoms with Crippen molar-refractivity contribution >= 4 is 155 Å². The van der Waals surface area contributed by atoms with Gasteiger partial charge in [0, 0.05) is 41.5 Å². The van der Waals surface area contributed by atoms with Gasteiger partial charge in [-0.3, -0.25) is 33.5 Å². The van der Waals surface area contributed by atoms with Gasteiger partial charge in [-0.1, -0.05) is 120 Å². The van der Waals surface area contributed by atoms with Crippen molar-refractivity contribution < 1.29 is 64.4 Å². The summed E-state index contributed by atoms with van der Waals surface area (Å²) in [6.45, 7) is 3.60. The number of benzene rings is 3. The van der Waals surface area contributed by atoms with Gasteiger partial charge in [0.05, 0.1) is 37.7 Å². The molecule has 0 aliphatic carbocycles. The Labute approximate surface area is 467 Å². The number of nitrogens with one attached hydrogen (secondary N) is 1. The molecule has 0 spiro atoms. The molecule has 6 heterocycles. The minimum absolute atomic E-state index is 0.204. The summed E-state index contributed by atoms with van der Waals surface area (Å²) in [5.41, 5.74) is 3.75. The first kappa shape index (κ1) is 57.2.